The fraction of sp³-hybridized carbons (Fsp3) is 0.387. The van der Waals surface area contributed by atoms with Crippen LogP contribution in [0.25, 0.3) is 0 Å². The molecule has 0 atom stereocenters. The summed E-state index contributed by atoms with van der Waals surface area (Å²) < 4.78 is 50.6. The SMILES string of the molecule is CCCCN(C(=O)Nc1ccc(OC)cc1F)C1CCN(Cc2ccc(Oc3ccc(NS(C)(=O)=O)cc3)cc2)CC1.Cl. The Labute approximate surface area is 259 Å². The maximum atomic E-state index is 14.5. The minimum absolute atomic E-state index is 0. The lowest BCUT2D eigenvalue weighted by atomic mass is 10.0. The third-order valence-electron chi connectivity index (χ3n) is 7.15. The van der Waals surface area contributed by atoms with Crippen LogP contribution in [0.4, 0.5) is 20.6 Å². The number of rotatable bonds is 12. The van der Waals surface area contributed by atoms with Crippen LogP contribution in [0, 0.1) is 5.82 Å². The van der Waals surface area contributed by atoms with Crippen molar-refractivity contribution in [2.75, 3.05) is 43.0 Å². The highest BCUT2D eigenvalue weighted by Gasteiger charge is 2.28. The smallest absolute Gasteiger partial charge is 0.322 e. The topological polar surface area (TPSA) is 100 Å². The number of amides is 2. The minimum atomic E-state index is -3.33. The Morgan fingerprint density at radius 1 is 1.00 bits per heavy atom. The number of likely N-dealkylation sites (tertiary alicyclic amines) is 1. The number of methoxy groups -OCH3 is 1. The molecule has 4 rings (SSSR count). The van der Waals surface area contributed by atoms with E-state index in [-0.39, 0.29) is 30.2 Å². The number of nitrogens with zero attached hydrogens (tertiary/aromatic N) is 2. The van der Waals surface area contributed by atoms with Crippen LogP contribution in [0.15, 0.2) is 66.7 Å². The summed E-state index contributed by atoms with van der Waals surface area (Å²) in [5.74, 6) is 1.17. The Hall–Kier alpha value is -3.54. The molecule has 9 nitrogen and oxygen atoms in total. The first-order valence-electron chi connectivity index (χ1n) is 14.1. The number of halogens is 2. The summed E-state index contributed by atoms with van der Waals surface area (Å²) in [7, 11) is -1.85. The molecule has 0 unspecified atom stereocenters. The predicted molar refractivity (Wildman–Crippen MR) is 171 cm³/mol. The molecule has 1 aliphatic heterocycles. The van der Waals surface area contributed by atoms with Gasteiger partial charge in [-0.3, -0.25) is 9.62 Å². The lowest BCUT2D eigenvalue weighted by Gasteiger charge is -2.38. The van der Waals surface area contributed by atoms with Crippen molar-refractivity contribution in [2.24, 2.45) is 0 Å². The maximum absolute atomic E-state index is 14.5. The molecular formula is C31H40ClFN4O5S. The van der Waals surface area contributed by atoms with Gasteiger partial charge in [0.25, 0.3) is 0 Å². The van der Waals surface area contributed by atoms with E-state index < -0.39 is 15.8 Å². The second-order valence-electron chi connectivity index (χ2n) is 10.5. The summed E-state index contributed by atoms with van der Waals surface area (Å²) in [5.41, 5.74) is 1.78. The van der Waals surface area contributed by atoms with Crippen molar-refractivity contribution in [2.45, 2.75) is 45.2 Å². The summed E-state index contributed by atoms with van der Waals surface area (Å²) in [4.78, 5) is 17.4. The molecule has 0 spiro atoms. The van der Waals surface area contributed by atoms with Crippen LogP contribution >= 0.6 is 12.4 Å². The number of carbonyl (C=O) groups is 1. The molecule has 1 aliphatic rings. The van der Waals surface area contributed by atoms with Gasteiger partial charge in [-0.25, -0.2) is 17.6 Å². The van der Waals surface area contributed by atoms with Crippen LogP contribution in [0.5, 0.6) is 17.2 Å². The van der Waals surface area contributed by atoms with Crippen molar-refractivity contribution < 1.29 is 27.1 Å². The summed E-state index contributed by atoms with van der Waals surface area (Å²) in [6.45, 7) is 5.21. The summed E-state index contributed by atoms with van der Waals surface area (Å²) in [5, 5.41) is 2.76. The van der Waals surface area contributed by atoms with Gasteiger partial charge >= 0.3 is 6.03 Å². The summed E-state index contributed by atoms with van der Waals surface area (Å²) in [6, 6.07) is 18.9. The van der Waals surface area contributed by atoms with Gasteiger partial charge in [-0.15, -0.1) is 12.4 Å². The van der Waals surface area contributed by atoms with Crippen molar-refractivity contribution in [3.63, 3.8) is 0 Å². The zero-order valence-electron chi connectivity index (χ0n) is 24.7. The van der Waals surface area contributed by atoms with E-state index in [1.807, 2.05) is 29.2 Å². The standard InChI is InChI=1S/C31H39FN4O5S.ClH/c1-4-5-18-36(31(37)33-30-15-14-28(40-2)21-29(30)32)25-16-19-35(20-17-25)22-23-6-10-26(11-7-23)41-27-12-8-24(9-13-27)34-42(3,38)39;/h6-15,21,25,34H,4-5,16-20,22H2,1-3H3,(H,33,37);1H. The zero-order chi connectivity index (χ0) is 30.1. The number of piperidine rings is 1. The monoisotopic (exact) mass is 634 g/mol. The number of anilines is 2. The third kappa shape index (κ3) is 10.3. The van der Waals surface area contributed by atoms with Crippen LogP contribution in [0.1, 0.15) is 38.2 Å². The first-order chi connectivity index (χ1) is 20.1. The normalized spacial score (nSPS) is 14.0. The van der Waals surface area contributed by atoms with Crippen LogP contribution in [-0.2, 0) is 16.6 Å². The fourth-order valence-corrected chi connectivity index (χ4v) is 5.51. The molecule has 0 aliphatic carbocycles. The summed E-state index contributed by atoms with van der Waals surface area (Å²) in [6.07, 6.45) is 4.64. The number of benzene rings is 3. The molecule has 234 valence electrons. The average molecular weight is 635 g/mol. The zero-order valence-corrected chi connectivity index (χ0v) is 26.3. The highest BCUT2D eigenvalue weighted by molar-refractivity contribution is 7.92. The number of nitrogens with one attached hydrogen (secondary N) is 2. The van der Waals surface area contributed by atoms with Crippen LogP contribution in [-0.4, -0.2) is 63.3 Å². The second-order valence-corrected chi connectivity index (χ2v) is 12.2. The molecule has 3 aromatic carbocycles. The first-order valence-corrected chi connectivity index (χ1v) is 16.0. The average Bonchev–Trinajstić information content (AvgIpc) is 2.96. The van der Waals surface area contributed by atoms with Gasteiger partial charge in [0.2, 0.25) is 10.0 Å². The van der Waals surface area contributed by atoms with Gasteiger partial charge in [0.15, 0.2) is 0 Å². The molecule has 0 bridgehead atoms. The van der Waals surface area contributed by atoms with Crippen LogP contribution in [0.3, 0.4) is 0 Å². The molecule has 1 heterocycles. The highest BCUT2D eigenvalue weighted by Crippen LogP contribution is 2.26. The van der Waals surface area contributed by atoms with E-state index in [0.717, 1.165) is 57.1 Å². The first kappa shape index (κ1) is 34.0. The van der Waals surface area contributed by atoms with E-state index in [4.69, 9.17) is 9.47 Å². The molecule has 3 aromatic rings. The third-order valence-corrected chi connectivity index (χ3v) is 7.76. The predicted octanol–water partition coefficient (Wildman–Crippen LogP) is 6.72. The van der Waals surface area contributed by atoms with Gasteiger partial charge in [0, 0.05) is 44.0 Å². The van der Waals surface area contributed by atoms with Crippen molar-refractivity contribution in [1.82, 2.24) is 9.80 Å². The number of ether oxygens (including phenoxy) is 2. The molecule has 0 radical (unpaired) electrons. The van der Waals surface area contributed by atoms with Crippen molar-refractivity contribution in [3.05, 3.63) is 78.1 Å². The van der Waals surface area contributed by atoms with Gasteiger partial charge in [-0.05, 0) is 73.4 Å². The Morgan fingerprint density at radius 2 is 1.60 bits per heavy atom. The lowest BCUT2D eigenvalue weighted by molar-refractivity contribution is 0.122. The van der Waals surface area contributed by atoms with Crippen molar-refractivity contribution in [1.29, 1.82) is 0 Å². The van der Waals surface area contributed by atoms with E-state index in [1.54, 1.807) is 30.3 Å². The van der Waals surface area contributed by atoms with E-state index >= 15 is 0 Å². The van der Waals surface area contributed by atoms with Crippen LogP contribution < -0.4 is 19.5 Å². The largest absolute Gasteiger partial charge is 0.497 e. The molecule has 12 heteroatoms. The Balaban J connectivity index is 0.00000506. The van der Waals surface area contributed by atoms with Gasteiger partial charge < -0.3 is 19.7 Å². The maximum Gasteiger partial charge on any atom is 0.322 e. The van der Waals surface area contributed by atoms with Gasteiger partial charge in [-0.2, -0.15) is 0 Å². The molecule has 0 saturated carbocycles. The Morgan fingerprint density at radius 3 is 2.16 bits per heavy atom. The van der Waals surface area contributed by atoms with Crippen molar-refractivity contribution >= 4 is 39.8 Å². The molecule has 1 fully saturated rings. The highest BCUT2D eigenvalue weighted by atomic mass is 35.5. The van der Waals surface area contributed by atoms with E-state index in [2.05, 4.69) is 21.9 Å². The molecule has 2 amide bonds. The number of hydrogen-bond acceptors (Lipinski definition) is 6. The molecular weight excluding hydrogens is 595 g/mol. The lowest BCUT2D eigenvalue weighted by Crippen LogP contribution is -2.49. The van der Waals surface area contributed by atoms with E-state index in [9.17, 15) is 17.6 Å². The van der Waals surface area contributed by atoms with Gasteiger partial charge in [0.05, 0.1) is 19.1 Å². The number of hydrogen-bond donors (Lipinski definition) is 2. The number of unbranched alkanes of at least 4 members (excludes halogenated alkanes) is 1. The molecule has 0 aromatic heterocycles. The van der Waals surface area contributed by atoms with Gasteiger partial charge in [-0.1, -0.05) is 25.5 Å². The van der Waals surface area contributed by atoms with E-state index in [0.29, 0.717) is 29.5 Å². The number of urea groups is 1. The second kappa shape index (κ2) is 15.8. The number of carbonyl (C=O) groups excluding carboxylic acids is 1. The summed E-state index contributed by atoms with van der Waals surface area (Å²) >= 11 is 0. The molecule has 43 heavy (non-hydrogen) atoms. The minimum Gasteiger partial charge on any atom is -0.497 e. The van der Waals surface area contributed by atoms with Crippen LogP contribution in [0.2, 0.25) is 0 Å². The van der Waals surface area contributed by atoms with E-state index in [1.165, 1.54) is 19.2 Å². The van der Waals surface area contributed by atoms with Crippen molar-refractivity contribution in [3.8, 4) is 17.2 Å². The molecule has 1 saturated heterocycles. The quantitative estimate of drug-likeness (QED) is 0.229. The number of sulfonamides is 1. The molecule has 2 N–H and O–H groups in total. The Bertz CT molecular complexity index is 1430. The Kier molecular flexibility index (Phi) is 12.5. The van der Waals surface area contributed by atoms with Gasteiger partial charge in [0.1, 0.15) is 23.1 Å². The fourth-order valence-electron chi connectivity index (χ4n) is 4.94.